The summed E-state index contributed by atoms with van der Waals surface area (Å²) in [5.41, 5.74) is -0.0715. The number of benzene rings is 1. The Hall–Kier alpha value is -1.36. The summed E-state index contributed by atoms with van der Waals surface area (Å²) in [4.78, 5) is 11.8. The normalized spacial score (nSPS) is 12.4. The van der Waals surface area contributed by atoms with Crippen LogP contribution in [0.4, 0.5) is 8.78 Å². The molecule has 94 valence electrons. The third-order valence-corrected chi connectivity index (χ3v) is 2.23. The first-order valence-electron chi connectivity index (χ1n) is 4.77. The number of hydrogen-bond donors (Lipinski definition) is 0. The lowest BCUT2D eigenvalue weighted by atomic mass is 10.1. The Morgan fingerprint density at radius 1 is 1.35 bits per heavy atom. The van der Waals surface area contributed by atoms with Crippen LogP contribution in [0.15, 0.2) is 18.2 Å². The van der Waals surface area contributed by atoms with Crippen LogP contribution in [0.1, 0.15) is 17.3 Å². The highest BCUT2D eigenvalue weighted by molar-refractivity contribution is 6.34. The molecule has 0 aliphatic rings. The van der Waals surface area contributed by atoms with Gasteiger partial charge >= 0.3 is 6.61 Å². The molecule has 0 bridgehead atoms. The van der Waals surface area contributed by atoms with E-state index in [1.807, 2.05) is 0 Å². The van der Waals surface area contributed by atoms with Crippen molar-refractivity contribution in [1.82, 2.24) is 0 Å². The van der Waals surface area contributed by atoms with Crippen molar-refractivity contribution in [2.45, 2.75) is 18.9 Å². The summed E-state index contributed by atoms with van der Waals surface area (Å²) >= 11 is 5.65. The third-order valence-electron chi connectivity index (χ3n) is 2.03. The molecule has 0 amide bonds. The zero-order chi connectivity index (χ0) is 13.0. The summed E-state index contributed by atoms with van der Waals surface area (Å²) in [6.45, 7) is -1.57. The van der Waals surface area contributed by atoms with Crippen molar-refractivity contribution in [3.63, 3.8) is 0 Å². The summed E-state index contributed by atoms with van der Waals surface area (Å²) in [6, 6.07) is 4.19. The van der Waals surface area contributed by atoms with Crippen molar-refractivity contribution >= 4 is 17.4 Å². The fourth-order valence-electron chi connectivity index (χ4n) is 1.32. The highest BCUT2D eigenvalue weighted by Gasteiger charge is 2.23. The first kappa shape index (κ1) is 13.7. The molecule has 0 spiro atoms. The second-order valence-corrected chi connectivity index (χ2v) is 3.85. The molecule has 1 unspecified atom stereocenters. The van der Waals surface area contributed by atoms with Crippen LogP contribution < -0.4 is 9.47 Å². The van der Waals surface area contributed by atoms with Crippen LogP contribution in [-0.2, 0) is 0 Å². The predicted octanol–water partition coefficient (Wildman–Crippen LogP) is 3.11. The van der Waals surface area contributed by atoms with Gasteiger partial charge < -0.3 is 9.47 Å². The van der Waals surface area contributed by atoms with Gasteiger partial charge in [0.25, 0.3) is 0 Å². The van der Waals surface area contributed by atoms with Crippen LogP contribution >= 0.6 is 11.6 Å². The molecule has 0 fully saturated rings. The number of carbonyl (C=O) groups excluding carboxylic acids is 1. The van der Waals surface area contributed by atoms with E-state index < -0.39 is 17.8 Å². The van der Waals surface area contributed by atoms with E-state index in [0.29, 0.717) is 0 Å². The Kier molecular flexibility index (Phi) is 4.69. The molecule has 0 saturated carbocycles. The number of halogens is 3. The SMILES string of the molecule is COc1cccc(OC(F)F)c1C(=O)C(C)Cl. The molecule has 0 aromatic heterocycles. The van der Waals surface area contributed by atoms with Crippen LogP contribution in [0.2, 0.25) is 0 Å². The van der Waals surface area contributed by atoms with Crippen molar-refractivity contribution in [2.75, 3.05) is 7.11 Å². The van der Waals surface area contributed by atoms with Gasteiger partial charge in [-0.1, -0.05) is 6.07 Å². The van der Waals surface area contributed by atoms with Gasteiger partial charge in [0.1, 0.15) is 17.1 Å². The summed E-state index contributed by atoms with van der Waals surface area (Å²) < 4.78 is 33.6. The number of ether oxygens (including phenoxy) is 2. The summed E-state index contributed by atoms with van der Waals surface area (Å²) in [6.07, 6.45) is 0. The number of Topliss-reactive ketones (excluding diaryl/α,β-unsaturated/α-hetero) is 1. The number of methoxy groups -OCH3 is 1. The van der Waals surface area contributed by atoms with Gasteiger partial charge in [-0.25, -0.2) is 0 Å². The van der Waals surface area contributed by atoms with Gasteiger partial charge in [-0.05, 0) is 19.1 Å². The number of ketones is 1. The topological polar surface area (TPSA) is 35.5 Å². The zero-order valence-corrected chi connectivity index (χ0v) is 10.0. The quantitative estimate of drug-likeness (QED) is 0.605. The fraction of sp³-hybridized carbons (Fsp3) is 0.364. The van der Waals surface area contributed by atoms with E-state index in [1.165, 1.54) is 32.2 Å². The van der Waals surface area contributed by atoms with Crippen LogP contribution in [-0.4, -0.2) is 24.9 Å². The molecule has 3 nitrogen and oxygen atoms in total. The van der Waals surface area contributed by atoms with E-state index in [4.69, 9.17) is 16.3 Å². The van der Waals surface area contributed by atoms with Crippen LogP contribution in [0, 0.1) is 0 Å². The molecule has 0 radical (unpaired) electrons. The lowest BCUT2D eigenvalue weighted by molar-refractivity contribution is -0.0502. The van der Waals surface area contributed by atoms with E-state index >= 15 is 0 Å². The molecule has 1 rings (SSSR count). The van der Waals surface area contributed by atoms with Crippen molar-refractivity contribution < 1.29 is 23.0 Å². The second kappa shape index (κ2) is 5.82. The first-order chi connectivity index (χ1) is 7.97. The maximum absolute atomic E-state index is 12.2. The van der Waals surface area contributed by atoms with Gasteiger partial charge in [0.15, 0.2) is 5.78 Å². The smallest absolute Gasteiger partial charge is 0.387 e. The van der Waals surface area contributed by atoms with Crippen LogP contribution in [0.3, 0.4) is 0 Å². The Morgan fingerprint density at radius 2 is 1.94 bits per heavy atom. The van der Waals surface area contributed by atoms with Crippen LogP contribution in [0.25, 0.3) is 0 Å². The molecular formula is C11H11ClF2O3. The van der Waals surface area contributed by atoms with E-state index in [2.05, 4.69) is 4.74 Å². The fourth-order valence-corrected chi connectivity index (χ4v) is 1.43. The Balaban J connectivity index is 3.25. The second-order valence-electron chi connectivity index (χ2n) is 3.19. The standard InChI is InChI=1S/C11H11ClF2O3/c1-6(12)10(15)9-7(16-2)4-3-5-8(9)17-11(13)14/h3-6,11H,1-2H3. The van der Waals surface area contributed by atoms with Gasteiger partial charge in [0.2, 0.25) is 0 Å². The molecule has 0 saturated heterocycles. The minimum atomic E-state index is -3.01. The number of alkyl halides is 3. The van der Waals surface area contributed by atoms with E-state index in [0.717, 1.165) is 0 Å². The van der Waals surface area contributed by atoms with Crippen molar-refractivity contribution in [1.29, 1.82) is 0 Å². The molecule has 0 N–H and O–H groups in total. The lowest BCUT2D eigenvalue weighted by Gasteiger charge is -2.14. The van der Waals surface area contributed by atoms with E-state index in [9.17, 15) is 13.6 Å². The molecule has 1 aromatic rings. The summed E-state index contributed by atoms with van der Waals surface area (Å²) in [5, 5.41) is -0.855. The number of rotatable bonds is 5. The minimum Gasteiger partial charge on any atom is -0.496 e. The van der Waals surface area contributed by atoms with Crippen molar-refractivity contribution in [3.05, 3.63) is 23.8 Å². The lowest BCUT2D eigenvalue weighted by Crippen LogP contribution is -2.15. The van der Waals surface area contributed by atoms with Gasteiger partial charge in [-0.3, -0.25) is 4.79 Å². The average molecular weight is 265 g/mol. The van der Waals surface area contributed by atoms with Crippen molar-refractivity contribution in [3.8, 4) is 11.5 Å². The molecule has 0 aliphatic heterocycles. The molecule has 17 heavy (non-hydrogen) atoms. The Labute approximate surface area is 102 Å². The van der Waals surface area contributed by atoms with Gasteiger partial charge in [-0.2, -0.15) is 8.78 Å². The Bertz CT molecular complexity index is 408. The van der Waals surface area contributed by atoms with E-state index in [1.54, 1.807) is 0 Å². The van der Waals surface area contributed by atoms with Crippen molar-refractivity contribution in [2.24, 2.45) is 0 Å². The van der Waals surface area contributed by atoms with Gasteiger partial charge in [0.05, 0.1) is 12.5 Å². The molecule has 6 heteroatoms. The first-order valence-corrected chi connectivity index (χ1v) is 5.21. The summed E-state index contributed by atoms with van der Waals surface area (Å²) in [7, 11) is 1.33. The molecule has 0 aliphatic carbocycles. The predicted molar refractivity (Wildman–Crippen MR) is 59.3 cm³/mol. The number of hydrogen-bond acceptors (Lipinski definition) is 3. The highest BCUT2D eigenvalue weighted by Crippen LogP contribution is 2.31. The summed E-state index contributed by atoms with van der Waals surface area (Å²) in [5.74, 6) is -0.614. The van der Waals surface area contributed by atoms with E-state index in [-0.39, 0.29) is 17.1 Å². The molecule has 1 aromatic carbocycles. The Morgan fingerprint density at radius 3 is 2.41 bits per heavy atom. The largest absolute Gasteiger partial charge is 0.496 e. The van der Waals surface area contributed by atoms with Gasteiger partial charge in [0, 0.05) is 0 Å². The highest BCUT2D eigenvalue weighted by atomic mass is 35.5. The third kappa shape index (κ3) is 3.30. The molecule has 1 atom stereocenters. The monoisotopic (exact) mass is 264 g/mol. The number of carbonyl (C=O) groups is 1. The zero-order valence-electron chi connectivity index (χ0n) is 9.25. The molecule has 0 heterocycles. The van der Waals surface area contributed by atoms with Crippen LogP contribution in [0.5, 0.6) is 11.5 Å². The van der Waals surface area contributed by atoms with Gasteiger partial charge in [-0.15, -0.1) is 11.6 Å². The molecular weight excluding hydrogens is 254 g/mol. The average Bonchev–Trinajstić information content (AvgIpc) is 2.26. The maximum atomic E-state index is 12.2. The minimum absolute atomic E-state index is 0.0715. The maximum Gasteiger partial charge on any atom is 0.387 e.